The normalized spacial score (nSPS) is 16.3. The summed E-state index contributed by atoms with van der Waals surface area (Å²) >= 11 is 6.65. The number of hydrogen-bond acceptors (Lipinski definition) is 6. The maximum absolute atomic E-state index is 12.8. The van der Waals surface area contributed by atoms with Crippen LogP contribution in [0.3, 0.4) is 0 Å². The Balaban J connectivity index is 1.24. The Bertz CT molecular complexity index is 1020. The third-order valence-corrected chi connectivity index (χ3v) is 6.31. The van der Waals surface area contributed by atoms with Crippen molar-refractivity contribution < 1.29 is 19.1 Å². The van der Waals surface area contributed by atoms with Crippen molar-refractivity contribution in [1.29, 1.82) is 0 Å². The van der Waals surface area contributed by atoms with E-state index in [0.29, 0.717) is 46.7 Å². The summed E-state index contributed by atoms with van der Waals surface area (Å²) in [5, 5.41) is 2.93. The lowest BCUT2D eigenvalue weighted by Crippen LogP contribution is -2.31. The van der Waals surface area contributed by atoms with E-state index in [9.17, 15) is 9.59 Å². The molecule has 2 heterocycles. The van der Waals surface area contributed by atoms with Crippen LogP contribution in [0.1, 0.15) is 24.0 Å². The third-order valence-electron chi connectivity index (χ3n) is 4.93. The fraction of sp³-hybridized carbons (Fsp3) is 0.261. The summed E-state index contributed by atoms with van der Waals surface area (Å²) in [5.41, 5.74) is 2.04. The van der Waals surface area contributed by atoms with E-state index in [1.807, 2.05) is 48.5 Å². The predicted molar refractivity (Wildman–Crippen MR) is 125 cm³/mol. The molecule has 0 atom stereocenters. The monoisotopic (exact) mass is 454 g/mol. The number of fused-ring (bicyclic) bond motifs is 1. The average Bonchev–Trinajstić information content (AvgIpc) is 3.34. The molecular weight excluding hydrogens is 432 g/mol. The summed E-state index contributed by atoms with van der Waals surface area (Å²) in [6, 6.07) is 15.6. The molecule has 0 unspecified atom stereocenters. The highest BCUT2D eigenvalue weighted by molar-refractivity contribution is 8.26. The van der Waals surface area contributed by atoms with Crippen LogP contribution in [0, 0.1) is 0 Å². The first-order valence-electron chi connectivity index (χ1n) is 10.1. The number of nitrogens with zero attached hydrogens (tertiary/aromatic N) is 1. The minimum atomic E-state index is -0.128. The van der Waals surface area contributed by atoms with Gasteiger partial charge in [0, 0.05) is 19.5 Å². The van der Waals surface area contributed by atoms with Gasteiger partial charge >= 0.3 is 0 Å². The Morgan fingerprint density at radius 3 is 2.81 bits per heavy atom. The van der Waals surface area contributed by atoms with Gasteiger partial charge < -0.3 is 14.8 Å². The Kier molecular flexibility index (Phi) is 6.89. The lowest BCUT2D eigenvalue weighted by atomic mass is 10.1. The zero-order valence-electron chi connectivity index (χ0n) is 16.8. The van der Waals surface area contributed by atoms with Crippen LogP contribution in [-0.2, 0) is 16.0 Å². The Morgan fingerprint density at radius 2 is 1.97 bits per heavy atom. The van der Waals surface area contributed by atoms with Crippen LogP contribution >= 0.6 is 24.0 Å². The first kappa shape index (κ1) is 21.4. The molecule has 1 saturated heterocycles. The average molecular weight is 455 g/mol. The van der Waals surface area contributed by atoms with Crippen LogP contribution in [0.5, 0.6) is 11.5 Å². The molecule has 0 radical (unpaired) electrons. The van der Waals surface area contributed by atoms with Gasteiger partial charge in [-0.3, -0.25) is 14.5 Å². The van der Waals surface area contributed by atoms with Crippen LogP contribution in [0.15, 0.2) is 53.4 Å². The number of hydrogen-bond donors (Lipinski definition) is 1. The molecule has 2 amide bonds. The maximum Gasteiger partial charge on any atom is 0.266 e. The van der Waals surface area contributed by atoms with Gasteiger partial charge in [-0.1, -0.05) is 60.4 Å². The van der Waals surface area contributed by atoms with Crippen LogP contribution in [-0.4, -0.2) is 40.9 Å². The van der Waals surface area contributed by atoms with Gasteiger partial charge in [0.15, 0.2) is 11.5 Å². The number of benzene rings is 2. The topological polar surface area (TPSA) is 67.9 Å². The molecule has 6 nitrogen and oxygen atoms in total. The summed E-state index contributed by atoms with van der Waals surface area (Å²) in [4.78, 5) is 27.0. The van der Waals surface area contributed by atoms with E-state index >= 15 is 0 Å². The lowest BCUT2D eigenvalue weighted by molar-refractivity contribution is -0.123. The largest absolute Gasteiger partial charge is 0.454 e. The van der Waals surface area contributed by atoms with E-state index in [4.69, 9.17) is 21.7 Å². The number of carbonyl (C=O) groups excluding carboxylic acids is 2. The molecule has 0 saturated carbocycles. The van der Waals surface area contributed by atoms with Crippen molar-refractivity contribution >= 4 is 46.2 Å². The van der Waals surface area contributed by atoms with Crippen molar-refractivity contribution in [3.8, 4) is 11.5 Å². The second-order valence-corrected chi connectivity index (χ2v) is 8.81. The molecule has 1 fully saturated rings. The molecule has 160 valence electrons. The first-order chi connectivity index (χ1) is 15.1. The van der Waals surface area contributed by atoms with Crippen LogP contribution < -0.4 is 14.8 Å². The minimum absolute atomic E-state index is 0.0164. The number of nitrogens with one attached hydrogen (secondary N) is 1. The van der Waals surface area contributed by atoms with E-state index < -0.39 is 0 Å². The summed E-state index contributed by atoms with van der Waals surface area (Å²) in [6.07, 6.45) is 3.51. The van der Waals surface area contributed by atoms with Gasteiger partial charge in [0.25, 0.3) is 5.91 Å². The molecule has 4 rings (SSSR count). The number of rotatable bonds is 8. The molecule has 8 heteroatoms. The summed E-state index contributed by atoms with van der Waals surface area (Å²) in [6.45, 7) is 1.23. The quantitative estimate of drug-likeness (QED) is 0.484. The van der Waals surface area contributed by atoms with Gasteiger partial charge in [-0.25, -0.2) is 0 Å². The van der Waals surface area contributed by atoms with E-state index in [0.717, 1.165) is 12.0 Å². The molecule has 0 bridgehead atoms. The van der Waals surface area contributed by atoms with E-state index in [2.05, 4.69) is 5.32 Å². The van der Waals surface area contributed by atoms with Gasteiger partial charge in [-0.2, -0.15) is 0 Å². The van der Waals surface area contributed by atoms with Crippen molar-refractivity contribution in [3.05, 3.63) is 64.6 Å². The molecule has 2 aliphatic rings. The smallest absolute Gasteiger partial charge is 0.266 e. The zero-order chi connectivity index (χ0) is 21.6. The number of thiocarbonyl (C=S) groups is 1. The van der Waals surface area contributed by atoms with Crippen LogP contribution in [0.2, 0.25) is 0 Å². The van der Waals surface area contributed by atoms with Gasteiger partial charge in [-0.05, 0) is 42.2 Å². The van der Waals surface area contributed by atoms with Gasteiger partial charge in [0.05, 0.1) is 4.91 Å². The second kappa shape index (κ2) is 9.98. The Morgan fingerprint density at radius 1 is 1.16 bits per heavy atom. The molecule has 31 heavy (non-hydrogen) atoms. The third kappa shape index (κ3) is 5.45. The molecule has 2 aromatic rings. The summed E-state index contributed by atoms with van der Waals surface area (Å²) < 4.78 is 11.2. The van der Waals surface area contributed by atoms with Gasteiger partial charge in [0.1, 0.15) is 4.32 Å². The van der Waals surface area contributed by atoms with E-state index in [1.54, 1.807) is 11.0 Å². The number of thioether (sulfide) groups is 1. The van der Waals surface area contributed by atoms with Crippen molar-refractivity contribution in [3.63, 3.8) is 0 Å². The second-order valence-electron chi connectivity index (χ2n) is 7.14. The minimum Gasteiger partial charge on any atom is -0.454 e. The number of carbonyl (C=O) groups is 2. The van der Waals surface area contributed by atoms with Gasteiger partial charge in [-0.15, -0.1) is 0 Å². The van der Waals surface area contributed by atoms with Gasteiger partial charge in [0.2, 0.25) is 12.7 Å². The number of amides is 2. The van der Waals surface area contributed by atoms with Crippen molar-refractivity contribution in [1.82, 2.24) is 10.2 Å². The highest BCUT2D eigenvalue weighted by Gasteiger charge is 2.31. The summed E-state index contributed by atoms with van der Waals surface area (Å²) in [5.74, 6) is 1.23. The van der Waals surface area contributed by atoms with E-state index in [-0.39, 0.29) is 18.6 Å². The highest BCUT2D eigenvalue weighted by Crippen LogP contribution is 2.36. The zero-order valence-corrected chi connectivity index (χ0v) is 18.5. The van der Waals surface area contributed by atoms with Crippen molar-refractivity contribution in [2.75, 3.05) is 19.9 Å². The molecule has 0 spiro atoms. The Labute approximate surface area is 190 Å². The van der Waals surface area contributed by atoms with Crippen LogP contribution in [0.4, 0.5) is 0 Å². The molecule has 1 N–H and O–H groups in total. The van der Waals surface area contributed by atoms with Crippen LogP contribution in [0.25, 0.3) is 6.08 Å². The molecular formula is C23H22N2O4S2. The molecule has 0 aromatic heterocycles. The predicted octanol–water partition coefficient (Wildman–Crippen LogP) is 3.76. The Hall–Kier alpha value is -2.84. The number of ether oxygens (including phenoxy) is 2. The van der Waals surface area contributed by atoms with E-state index in [1.165, 1.54) is 17.3 Å². The highest BCUT2D eigenvalue weighted by atomic mass is 32.2. The summed E-state index contributed by atoms with van der Waals surface area (Å²) in [7, 11) is 0. The fourth-order valence-electron chi connectivity index (χ4n) is 3.32. The molecule has 0 aliphatic carbocycles. The standard InChI is InChI=1S/C23H22N2O4S2/c26-21(24-11-10-16-5-2-1-3-6-16)7-4-12-25-22(27)20(31-23(25)30)14-17-8-9-18-19(13-17)29-15-28-18/h1-3,5-6,8-9,13-14H,4,7,10-12,15H2,(H,24,26)/b20-14-. The SMILES string of the molecule is O=C(CCCN1C(=O)/C(=C/c2ccc3c(c2)OCO3)SC1=S)NCCc1ccccc1. The fourth-order valence-corrected chi connectivity index (χ4v) is 4.63. The van der Waals surface area contributed by atoms with Crippen molar-refractivity contribution in [2.24, 2.45) is 0 Å². The van der Waals surface area contributed by atoms with Crippen molar-refractivity contribution in [2.45, 2.75) is 19.3 Å². The molecule has 2 aromatic carbocycles. The lowest BCUT2D eigenvalue weighted by Gasteiger charge is -2.14. The maximum atomic E-state index is 12.8. The first-order valence-corrected chi connectivity index (χ1v) is 11.3. The molecule has 2 aliphatic heterocycles.